The molecule has 90 valence electrons. The molecule has 3 nitrogen and oxygen atoms in total. The Kier molecular flexibility index (Phi) is 4.64. The second-order valence-corrected chi connectivity index (χ2v) is 5.13. The summed E-state index contributed by atoms with van der Waals surface area (Å²) in [6, 6.07) is 4.10. The van der Waals surface area contributed by atoms with Crippen LogP contribution in [-0.4, -0.2) is 16.5 Å². The third-order valence-corrected chi connectivity index (χ3v) is 3.43. The van der Waals surface area contributed by atoms with E-state index >= 15 is 0 Å². The second kappa shape index (κ2) is 6.47. The maximum Gasteiger partial charge on any atom is 0.107 e. The summed E-state index contributed by atoms with van der Waals surface area (Å²) in [7, 11) is 0. The van der Waals surface area contributed by atoms with Crippen molar-refractivity contribution in [3.63, 3.8) is 0 Å². The number of thiazole rings is 1. The molecule has 0 atom stereocenters. The Morgan fingerprint density at radius 3 is 2.88 bits per heavy atom. The first-order valence-corrected chi connectivity index (χ1v) is 6.73. The number of rotatable bonds is 6. The summed E-state index contributed by atoms with van der Waals surface area (Å²) in [5.41, 5.74) is 1.29. The molecule has 2 aromatic heterocycles. The Morgan fingerprint density at radius 2 is 2.12 bits per heavy atom. The van der Waals surface area contributed by atoms with Crippen LogP contribution in [0.25, 0.3) is 0 Å². The lowest BCUT2D eigenvalue weighted by Gasteiger charge is -1.98. The van der Waals surface area contributed by atoms with Gasteiger partial charge in [0.05, 0.1) is 0 Å². The predicted octanol–water partition coefficient (Wildman–Crippen LogP) is 2.63. The summed E-state index contributed by atoms with van der Waals surface area (Å²) in [6.45, 7) is 4.11. The van der Waals surface area contributed by atoms with Crippen molar-refractivity contribution in [2.75, 3.05) is 6.54 Å². The van der Waals surface area contributed by atoms with Crippen molar-refractivity contribution in [3.8, 4) is 0 Å². The van der Waals surface area contributed by atoms with Gasteiger partial charge in [-0.15, -0.1) is 11.3 Å². The number of nitrogens with one attached hydrogen (secondary N) is 1. The topological polar surface area (TPSA) is 37.8 Å². The summed E-state index contributed by atoms with van der Waals surface area (Å²) in [6.07, 6.45) is 7.76. The van der Waals surface area contributed by atoms with Crippen LogP contribution in [0.4, 0.5) is 0 Å². The van der Waals surface area contributed by atoms with Gasteiger partial charge in [0, 0.05) is 36.4 Å². The van der Waals surface area contributed by atoms with Crippen LogP contribution in [0.2, 0.25) is 0 Å². The highest BCUT2D eigenvalue weighted by molar-refractivity contribution is 7.11. The smallest absolute Gasteiger partial charge is 0.107 e. The summed E-state index contributed by atoms with van der Waals surface area (Å²) in [5.74, 6) is 0. The van der Waals surface area contributed by atoms with E-state index in [0.29, 0.717) is 0 Å². The van der Waals surface area contributed by atoms with Gasteiger partial charge in [-0.1, -0.05) is 6.92 Å². The van der Waals surface area contributed by atoms with E-state index in [0.717, 1.165) is 25.9 Å². The number of aromatic nitrogens is 2. The molecule has 2 rings (SSSR count). The van der Waals surface area contributed by atoms with Crippen LogP contribution in [0, 0.1) is 0 Å². The van der Waals surface area contributed by atoms with Crippen LogP contribution >= 0.6 is 11.3 Å². The molecular formula is C13H17N3S. The van der Waals surface area contributed by atoms with E-state index < -0.39 is 0 Å². The molecule has 2 aromatic rings. The number of hydrogen-bond acceptors (Lipinski definition) is 4. The normalized spacial score (nSPS) is 10.6. The molecule has 0 saturated heterocycles. The van der Waals surface area contributed by atoms with Crippen LogP contribution in [0.3, 0.4) is 0 Å². The quantitative estimate of drug-likeness (QED) is 0.797. The molecule has 0 aliphatic carbocycles. The first-order chi connectivity index (χ1) is 8.38. The zero-order valence-corrected chi connectivity index (χ0v) is 10.8. The Morgan fingerprint density at radius 1 is 1.29 bits per heavy atom. The largest absolute Gasteiger partial charge is 0.310 e. The molecule has 0 fully saturated rings. The molecule has 0 bridgehead atoms. The van der Waals surface area contributed by atoms with Crippen molar-refractivity contribution < 1.29 is 0 Å². The third kappa shape index (κ3) is 3.91. The molecule has 1 N–H and O–H groups in total. The number of nitrogens with zero attached hydrogens (tertiary/aromatic N) is 2. The molecule has 0 amide bonds. The molecule has 0 radical (unpaired) electrons. The highest BCUT2D eigenvalue weighted by atomic mass is 32.1. The van der Waals surface area contributed by atoms with E-state index in [-0.39, 0.29) is 0 Å². The lowest BCUT2D eigenvalue weighted by atomic mass is 10.2. The van der Waals surface area contributed by atoms with Crippen LogP contribution < -0.4 is 5.32 Å². The van der Waals surface area contributed by atoms with E-state index in [1.807, 2.05) is 18.6 Å². The van der Waals surface area contributed by atoms with E-state index in [1.54, 1.807) is 11.3 Å². The highest BCUT2D eigenvalue weighted by Gasteiger charge is 2.02. The Labute approximate surface area is 106 Å². The second-order valence-electron chi connectivity index (χ2n) is 3.93. The van der Waals surface area contributed by atoms with Crippen molar-refractivity contribution in [1.82, 2.24) is 15.3 Å². The van der Waals surface area contributed by atoms with Crippen LogP contribution in [-0.2, 0) is 13.0 Å². The fraction of sp³-hybridized carbons (Fsp3) is 0.385. The van der Waals surface area contributed by atoms with Crippen molar-refractivity contribution in [2.24, 2.45) is 0 Å². The monoisotopic (exact) mass is 247 g/mol. The van der Waals surface area contributed by atoms with E-state index in [2.05, 4.69) is 34.3 Å². The van der Waals surface area contributed by atoms with Crippen LogP contribution in [0.15, 0.2) is 30.7 Å². The fourth-order valence-electron chi connectivity index (χ4n) is 1.59. The summed E-state index contributed by atoms with van der Waals surface area (Å²) < 4.78 is 0. The van der Waals surface area contributed by atoms with Crippen LogP contribution in [0.1, 0.15) is 28.8 Å². The molecule has 0 aliphatic rings. The average molecular weight is 247 g/mol. The molecular weight excluding hydrogens is 230 g/mol. The summed E-state index contributed by atoms with van der Waals surface area (Å²) in [4.78, 5) is 9.75. The number of pyridine rings is 1. The Balaban J connectivity index is 1.90. The minimum Gasteiger partial charge on any atom is -0.310 e. The van der Waals surface area contributed by atoms with Gasteiger partial charge in [-0.25, -0.2) is 4.98 Å². The molecule has 17 heavy (non-hydrogen) atoms. The summed E-state index contributed by atoms with van der Waals surface area (Å²) in [5, 5.41) is 4.54. The van der Waals surface area contributed by atoms with E-state index in [4.69, 9.17) is 0 Å². The SMILES string of the molecule is CCCNCc1ncc(Cc2ccncc2)s1. The Bertz CT molecular complexity index is 439. The van der Waals surface area contributed by atoms with Gasteiger partial charge in [-0.2, -0.15) is 0 Å². The van der Waals surface area contributed by atoms with Crippen molar-refractivity contribution in [2.45, 2.75) is 26.3 Å². The van der Waals surface area contributed by atoms with Crippen molar-refractivity contribution in [3.05, 3.63) is 46.2 Å². The lowest BCUT2D eigenvalue weighted by molar-refractivity contribution is 0.673. The molecule has 0 saturated carbocycles. The third-order valence-electron chi connectivity index (χ3n) is 2.43. The van der Waals surface area contributed by atoms with Gasteiger partial charge in [0.15, 0.2) is 0 Å². The van der Waals surface area contributed by atoms with Crippen molar-refractivity contribution >= 4 is 11.3 Å². The van der Waals surface area contributed by atoms with Crippen LogP contribution in [0.5, 0.6) is 0 Å². The molecule has 0 aliphatic heterocycles. The standard InChI is InChI=1S/C13H17N3S/c1-2-5-15-10-13-16-9-12(17-13)8-11-3-6-14-7-4-11/h3-4,6-7,9,15H,2,5,8,10H2,1H3. The van der Waals surface area contributed by atoms with Gasteiger partial charge in [0.2, 0.25) is 0 Å². The maximum absolute atomic E-state index is 4.42. The maximum atomic E-state index is 4.42. The van der Waals surface area contributed by atoms with Gasteiger partial charge in [-0.05, 0) is 30.7 Å². The first kappa shape index (κ1) is 12.2. The molecule has 4 heteroatoms. The minimum absolute atomic E-state index is 0.884. The number of hydrogen-bond donors (Lipinski definition) is 1. The van der Waals surface area contributed by atoms with E-state index in [1.165, 1.54) is 15.4 Å². The minimum atomic E-state index is 0.884. The van der Waals surface area contributed by atoms with Gasteiger partial charge in [0.25, 0.3) is 0 Å². The molecule has 0 aromatic carbocycles. The zero-order chi connectivity index (χ0) is 11.9. The lowest BCUT2D eigenvalue weighted by Crippen LogP contribution is -2.13. The van der Waals surface area contributed by atoms with E-state index in [9.17, 15) is 0 Å². The van der Waals surface area contributed by atoms with Gasteiger partial charge in [0.1, 0.15) is 5.01 Å². The molecule has 0 unspecified atom stereocenters. The zero-order valence-electron chi connectivity index (χ0n) is 10.0. The molecule has 2 heterocycles. The Hall–Kier alpha value is -1.26. The van der Waals surface area contributed by atoms with Gasteiger partial charge >= 0.3 is 0 Å². The average Bonchev–Trinajstić information content (AvgIpc) is 2.79. The van der Waals surface area contributed by atoms with Crippen molar-refractivity contribution in [1.29, 1.82) is 0 Å². The first-order valence-electron chi connectivity index (χ1n) is 5.91. The van der Waals surface area contributed by atoms with Gasteiger partial charge < -0.3 is 5.32 Å². The summed E-state index contributed by atoms with van der Waals surface area (Å²) >= 11 is 1.78. The predicted molar refractivity (Wildman–Crippen MR) is 71.2 cm³/mol. The highest BCUT2D eigenvalue weighted by Crippen LogP contribution is 2.16. The van der Waals surface area contributed by atoms with Gasteiger partial charge in [-0.3, -0.25) is 4.98 Å². The molecule has 0 spiro atoms. The fourth-order valence-corrected chi connectivity index (χ4v) is 2.51.